The molecule has 1 saturated heterocycles. The monoisotopic (exact) mass is 244 g/mol. The Morgan fingerprint density at radius 1 is 1.33 bits per heavy atom. The topological polar surface area (TPSA) is 63.8 Å². The predicted molar refractivity (Wildman–Crippen MR) is 66.9 cm³/mol. The molecule has 0 aliphatic carbocycles. The molecular weight excluding hydrogens is 228 g/mol. The third-order valence-corrected chi connectivity index (χ3v) is 3.48. The van der Waals surface area contributed by atoms with Crippen molar-refractivity contribution < 1.29 is 4.52 Å². The third-order valence-electron chi connectivity index (χ3n) is 3.48. The van der Waals surface area contributed by atoms with E-state index in [9.17, 15) is 0 Å². The van der Waals surface area contributed by atoms with E-state index in [0.717, 1.165) is 31.0 Å². The molecule has 1 N–H and O–H groups in total. The number of rotatable bonds is 2. The molecule has 0 amide bonds. The molecule has 3 rings (SSSR count). The molecule has 2 aromatic rings. The molecule has 2 aromatic heterocycles. The summed E-state index contributed by atoms with van der Waals surface area (Å²) in [5, 5.41) is 7.44. The van der Waals surface area contributed by atoms with Gasteiger partial charge < -0.3 is 9.84 Å². The summed E-state index contributed by atoms with van der Waals surface area (Å²) >= 11 is 0. The molecule has 0 saturated carbocycles. The van der Waals surface area contributed by atoms with Gasteiger partial charge in [0.15, 0.2) is 0 Å². The molecule has 2 unspecified atom stereocenters. The summed E-state index contributed by atoms with van der Waals surface area (Å²) in [7, 11) is 0. The summed E-state index contributed by atoms with van der Waals surface area (Å²) in [6, 6.07) is 3.78. The summed E-state index contributed by atoms with van der Waals surface area (Å²) in [6.07, 6.45) is 4.52. The van der Waals surface area contributed by atoms with Crippen molar-refractivity contribution in [2.45, 2.75) is 19.3 Å². The zero-order chi connectivity index (χ0) is 12.4. The number of hydrogen-bond acceptors (Lipinski definition) is 5. The second-order valence-corrected chi connectivity index (χ2v) is 4.77. The summed E-state index contributed by atoms with van der Waals surface area (Å²) in [5.41, 5.74) is 0.946. The average molecular weight is 244 g/mol. The first-order valence-electron chi connectivity index (χ1n) is 6.29. The Labute approximate surface area is 106 Å². The Bertz CT molecular complexity index is 511. The van der Waals surface area contributed by atoms with E-state index >= 15 is 0 Å². The molecule has 5 nitrogen and oxygen atoms in total. The molecule has 1 fully saturated rings. The standard InChI is InChI=1S/C13H16N4O/c1-9-8-15-7-4-11(9)13-16-12(17-18-13)10-2-5-14-6-3-10/h2-3,5-6,9,11,15H,4,7-8H2,1H3. The first-order chi connectivity index (χ1) is 8.84. The van der Waals surface area contributed by atoms with Crippen molar-refractivity contribution in [1.29, 1.82) is 0 Å². The maximum atomic E-state index is 5.42. The predicted octanol–water partition coefficient (Wildman–Crippen LogP) is 1.84. The number of aromatic nitrogens is 3. The lowest BCUT2D eigenvalue weighted by Crippen LogP contribution is -2.33. The van der Waals surface area contributed by atoms with Crippen LogP contribution in [0, 0.1) is 5.92 Å². The fourth-order valence-corrected chi connectivity index (χ4v) is 2.38. The van der Waals surface area contributed by atoms with E-state index in [1.54, 1.807) is 12.4 Å². The zero-order valence-electron chi connectivity index (χ0n) is 10.3. The first kappa shape index (κ1) is 11.3. The highest BCUT2D eigenvalue weighted by Crippen LogP contribution is 2.29. The lowest BCUT2D eigenvalue weighted by atomic mass is 9.88. The minimum Gasteiger partial charge on any atom is -0.339 e. The Hall–Kier alpha value is -1.75. The summed E-state index contributed by atoms with van der Waals surface area (Å²) in [4.78, 5) is 8.51. The van der Waals surface area contributed by atoms with Gasteiger partial charge in [0.25, 0.3) is 0 Å². The van der Waals surface area contributed by atoms with Gasteiger partial charge in [0, 0.05) is 23.9 Å². The second kappa shape index (κ2) is 4.86. The van der Waals surface area contributed by atoms with Gasteiger partial charge in [-0.2, -0.15) is 4.98 Å². The van der Waals surface area contributed by atoms with Crippen molar-refractivity contribution in [3.8, 4) is 11.4 Å². The Balaban J connectivity index is 1.85. The number of nitrogens with one attached hydrogen (secondary N) is 1. The fourth-order valence-electron chi connectivity index (χ4n) is 2.38. The summed E-state index contributed by atoms with van der Waals surface area (Å²) in [5.74, 6) is 2.31. The fraction of sp³-hybridized carbons (Fsp3) is 0.462. The molecule has 0 bridgehead atoms. The van der Waals surface area contributed by atoms with Crippen LogP contribution in [0.1, 0.15) is 25.2 Å². The van der Waals surface area contributed by atoms with E-state index in [4.69, 9.17) is 4.52 Å². The van der Waals surface area contributed by atoms with Gasteiger partial charge in [-0.05, 0) is 37.6 Å². The molecule has 94 valence electrons. The SMILES string of the molecule is CC1CNCCC1c1nc(-c2ccncc2)no1. The zero-order valence-corrected chi connectivity index (χ0v) is 10.3. The Morgan fingerprint density at radius 3 is 2.94 bits per heavy atom. The van der Waals surface area contributed by atoms with Gasteiger partial charge in [0.05, 0.1) is 0 Å². The van der Waals surface area contributed by atoms with Crippen LogP contribution in [0.15, 0.2) is 29.0 Å². The van der Waals surface area contributed by atoms with Crippen molar-refractivity contribution >= 4 is 0 Å². The number of pyridine rings is 1. The van der Waals surface area contributed by atoms with Crippen molar-refractivity contribution in [3.63, 3.8) is 0 Å². The van der Waals surface area contributed by atoms with E-state index in [1.807, 2.05) is 12.1 Å². The van der Waals surface area contributed by atoms with Crippen LogP contribution < -0.4 is 5.32 Å². The van der Waals surface area contributed by atoms with Gasteiger partial charge in [-0.1, -0.05) is 12.1 Å². The molecule has 0 aromatic carbocycles. The van der Waals surface area contributed by atoms with E-state index in [1.165, 1.54) is 0 Å². The van der Waals surface area contributed by atoms with Crippen molar-refractivity contribution in [1.82, 2.24) is 20.4 Å². The molecule has 0 radical (unpaired) electrons. The summed E-state index contributed by atoms with van der Waals surface area (Å²) in [6.45, 7) is 4.24. The van der Waals surface area contributed by atoms with Gasteiger partial charge in [-0.25, -0.2) is 0 Å². The minimum absolute atomic E-state index is 0.370. The highest BCUT2D eigenvalue weighted by Gasteiger charge is 2.27. The first-order valence-corrected chi connectivity index (χ1v) is 6.29. The van der Waals surface area contributed by atoms with Crippen molar-refractivity contribution in [2.24, 2.45) is 5.92 Å². The molecular formula is C13H16N4O. The second-order valence-electron chi connectivity index (χ2n) is 4.77. The van der Waals surface area contributed by atoms with Crippen LogP contribution in [-0.2, 0) is 0 Å². The van der Waals surface area contributed by atoms with E-state index < -0.39 is 0 Å². The molecule has 1 aliphatic heterocycles. The van der Waals surface area contributed by atoms with Crippen LogP contribution in [-0.4, -0.2) is 28.2 Å². The smallest absolute Gasteiger partial charge is 0.230 e. The average Bonchev–Trinajstić information content (AvgIpc) is 2.90. The van der Waals surface area contributed by atoms with Crippen LogP contribution in [0.25, 0.3) is 11.4 Å². The third kappa shape index (κ3) is 2.13. The Morgan fingerprint density at radius 2 is 2.17 bits per heavy atom. The largest absolute Gasteiger partial charge is 0.339 e. The maximum absolute atomic E-state index is 5.42. The van der Waals surface area contributed by atoms with Crippen LogP contribution in [0.5, 0.6) is 0 Å². The number of piperidine rings is 1. The van der Waals surface area contributed by atoms with Gasteiger partial charge >= 0.3 is 0 Å². The molecule has 2 atom stereocenters. The van der Waals surface area contributed by atoms with Gasteiger partial charge in [-0.15, -0.1) is 0 Å². The summed E-state index contributed by atoms with van der Waals surface area (Å²) < 4.78 is 5.42. The lowest BCUT2D eigenvalue weighted by molar-refractivity contribution is 0.270. The van der Waals surface area contributed by atoms with Crippen LogP contribution in [0.2, 0.25) is 0 Å². The maximum Gasteiger partial charge on any atom is 0.230 e. The molecule has 1 aliphatic rings. The lowest BCUT2D eigenvalue weighted by Gasteiger charge is -2.26. The van der Waals surface area contributed by atoms with Crippen LogP contribution >= 0.6 is 0 Å². The number of nitrogens with zero attached hydrogens (tertiary/aromatic N) is 3. The normalized spacial score (nSPS) is 24.1. The van der Waals surface area contributed by atoms with Gasteiger partial charge in [0.1, 0.15) is 0 Å². The Kier molecular flexibility index (Phi) is 3.06. The molecule has 3 heterocycles. The van der Waals surface area contributed by atoms with Crippen LogP contribution in [0.3, 0.4) is 0 Å². The highest BCUT2D eigenvalue weighted by molar-refractivity contribution is 5.52. The van der Waals surface area contributed by atoms with Gasteiger partial charge in [0.2, 0.25) is 11.7 Å². The van der Waals surface area contributed by atoms with Gasteiger partial charge in [-0.3, -0.25) is 4.98 Å². The van der Waals surface area contributed by atoms with E-state index in [-0.39, 0.29) is 0 Å². The van der Waals surface area contributed by atoms with E-state index in [2.05, 4.69) is 27.4 Å². The molecule has 5 heteroatoms. The molecule has 18 heavy (non-hydrogen) atoms. The highest BCUT2D eigenvalue weighted by atomic mass is 16.5. The number of hydrogen-bond donors (Lipinski definition) is 1. The van der Waals surface area contributed by atoms with Crippen molar-refractivity contribution in [3.05, 3.63) is 30.4 Å². The molecule has 0 spiro atoms. The minimum atomic E-state index is 0.370. The quantitative estimate of drug-likeness (QED) is 0.873. The van der Waals surface area contributed by atoms with Crippen molar-refractivity contribution in [2.75, 3.05) is 13.1 Å². The van der Waals surface area contributed by atoms with E-state index in [0.29, 0.717) is 17.7 Å². The van der Waals surface area contributed by atoms with Crippen LogP contribution in [0.4, 0.5) is 0 Å².